The van der Waals surface area contributed by atoms with Crippen LogP contribution in [0, 0.1) is 5.92 Å². The third-order valence-electron chi connectivity index (χ3n) is 3.89. The maximum atomic E-state index is 10.6. The molecule has 2 rings (SSSR count). The molecule has 0 atom stereocenters. The number of carbonyl (C=O) groups is 1. The number of hydrogen-bond donors (Lipinski definition) is 0. The number of carbonyl (C=O) groups excluding carboxylic acids is 1. The fourth-order valence-electron chi connectivity index (χ4n) is 2.81. The van der Waals surface area contributed by atoms with Crippen LogP contribution < -0.4 is 0 Å². The maximum absolute atomic E-state index is 10.6. The summed E-state index contributed by atoms with van der Waals surface area (Å²) >= 11 is 0. The lowest BCUT2D eigenvalue weighted by molar-refractivity contribution is 0.112. The first-order valence-corrected chi connectivity index (χ1v) is 6.49. The monoisotopic (exact) mass is 228 g/mol. The van der Waals surface area contributed by atoms with E-state index in [0.717, 1.165) is 24.2 Å². The molecule has 1 nitrogen and oxygen atoms in total. The van der Waals surface area contributed by atoms with E-state index in [4.69, 9.17) is 0 Å². The molecule has 0 radical (unpaired) electrons. The molecule has 1 aromatic rings. The number of allylic oxidation sites excluding steroid dienone is 1. The first-order valence-electron chi connectivity index (χ1n) is 6.49. The molecule has 0 heterocycles. The van der Waals surface area contributed by atoms with Gasteiger partial charge in [-0.15, -0.1) is 6.58 Å². The van der Waals surface area contributed by atoms with Crippen molar-refractivity contribution in [2.75, 3.05) is 0 Å². The molecule has 0 amide bonds. The second kappa shape index (κ2) is 5.81. The molecule has 17 heavy (non-hydrogen) atoms. The molecule has 0 saturated heterocycles. The van der Waals surface area contributed by atoms with Gasteiger partial charge in [-0.2, -0.15) is 0 Å². The van der Waals surface area contributed by atoms with E-state index in [1.54, 1.807) is 0 Å². The fourth-order valence-corrected chi connectivity index (χ4v) is 2.81. The van der Waals surface area contributed by atoms with Gasteiger partial charge in [0.1, 0.15) is 6.29 Å². The van der Waals surface area contributed by atoms with Gasteiger partial charge in [0.15, 0.2) is 0 Å². The van der Waals surface area contributed by atoms with Crippen molar-refractivity contribution in [1.29, 1.82) is 0 Å². The molecular weight excluding hydrogens is 208 g/mol. The smallest absolute Gasteiger partial charge is 0.150 e. The van der Waals surface area contributed by atoms with Crippen molar-refractivity contribution in [1.82, 2.24) is 0 Å². The zero-order valence-electron chi connectivity index (χ0n) is 10.3. The van der Waals surface area contributed by atoms with Crippen LogP contribution in [-0.4, -0.2) is 6.29 Å². The normalized spacial score (nSPS) is 24.2. The molecule has 1 aromatic carbocycles. The van der Waals surface area contributed by atoms with Gasteiger partial charge in [0.05, 0.1) is 0 Å². The Bertz CT molecular complexity index is 369. The summed E-state index contributed by atoms with van der Waals surface area (Å²) in [7, 11) is 0. The highest BCUT2D eigenvalue weighted by atomic mass is 16.1. The summed E-state index contributed by atoms with van der Waals surface area (Å²) in [6, 6.07) is 8.08. The van der Waals surface area contributed by atoms with Gasteiger partial charge in [-0.3, -0.25) is 4.79 Å². The predicted octanol–water partition coefficient (Wildman–Crippen LogP) is 4.35. The van der Waals surface area contributed by atoms with Gasteiger partial charge in [-0.25, -0.2) is 0 Å². The van der Waals surface area contributed by atoms with Gasteiger partial charge in [0, 0.05) is 5.56 Å². The van der Waals surface area contributed by atoms with E-state index in [0.29, 0.717) is 5.92 Å². The van der Waals surface area contributed by atoms with Crippen LogP contribution >= 0.6 is 0 Å². The average molecular weight is 228 g/mol. The van der Waals surface area contributed by atoms with Crippen LogP contribution in [-0.2, 0) is 0 Å². The van der Waals surface area contributed by atoms with Gasteiger partial charge in [0.25, 0.3) is 0 Å². The van der Waals surface area contributed by atoms with Crippen LogP contribution in [0.15, 0.2) is 36.9 Å². The molecule has 1 aliphatic carbocycles. The maximum Gasteiger partial charge on any atom is 0.150 e. The largest absolute Gasteiger partial charge is 0.298 e. The molecule has 0 aliphatic heterocycles. The van der Waals surface area contributed by atoms with Crippen LogP contribution in [0.4, 0.5) is 0 Å². The highest BCUT2D eigenvalue weighted by Gasteiger charge is 2.21. The molecule has 1 saturated carbocycles. The van der Waals surface area contributed by atoms with E-state index in [1.807, 2.05) is 18.2 Å². The van der Waals surface area contributed by atoms with Crippen LogP contribution in [0.1, 0.15) is 53.9 Å². The van der Waals surface area contributed by atoms with Crippen LogP contribution in [0.5, 0.6) is 0 Å². The molecule has 1 aliphatic rings. The first kappa shape index (κ1) is 12.1. The Morgan fingerprint density at radius 3 is 2.29 bits per heavy atom. The Morgan fingerprint density at radius 2 is 1.76 bits per heavy atom. The average Bonchev–Trinajstić information content (AvgIpc) is 2.40. The van der Waals surface area contributed by atoms with E-state index < -0.39 is 0 Å². The lowest BCUT2D eigenvalue weighted by Gasteiger charge is -2.28. The van der Waals surface area contributed by atoms with E-state index >= 15 is 0 Å². The molecule has 0 bridgehead atoms. The second-order valence-corrected chi connectivity index (χ2v) is 5.03. The SMILES string of the molecule is C=CC[C@H]1CC[C@@H](c2ccc(C=O)cc2)CC1. The fraction of sp³-hybridized carbons (Fsp3) is 0.438. The summed E-state index contributed by atoms with van der Waals surface area (Å²) < 4.78 is 0. The molecule has 0 unspecified atom stereocenters. The minimum absolute atomic E-state index is 0.691. The summed E-state index contributed by atoms with van der Waals surface area (Å²) in [5.74, 6) is 1.54. The van der Waals surface area contributed by atoms with Crippen molar-refractivity contribution in [3.8, 4) is 0 Å². The Balaban J connectivity index is 1.95. The lowest BCUT2D eigenvalue weighted by atomic mass is 9.77. The third kappa shape index (κ3) is 3.06. The zero-order valence-corrected chi connectivity index (χ0v) is 10.3. The van der Waals surface area contributed by atoms with E-state index in [1.165, 1.54) is 31.2 Å². The molecule has 1 fully saturated rings. The highest BCUT2D eigenvalue weighted by molar-refractivity contribution is 5.74. The molecule has 90 valence electrons. The van der Waals surface area contributed by atoms with E-state index in [2.05, 4.69) is 18.7 Å². The van der Waals surface area contributed by atoms with Gasteiger partial charge in [-0.1, -0.05) is 30.3 Å². The van der Waals surface area contributed by atoms with Crippen molar-refractivity contribution in [3.63, 3.8) is 0 Å². The van der Waals surface area contributed by atoms with Crippen molar-refractivity contribution in [2.24, 2.45) is 5.92 Å². The Morgan fingerprint density at radius 1 is 1.12 bits per heavy atom. The number of aldehydes is 1. The molecule has 0 spiro atoms. The predicted molar refractivity (Wildman–Crippen MR) is 71.3 cm³/mol. The molecular formula is C16H20O. The number of hydrogen-bond acceptors (Lipinski definition) is 1. The third-order valence-corrected chi connectivity index (χ3v) is 3.89. The van der Waals surface area contributed by atoms with E-state index in [-0.39, 0.29) is 0 Å². The molecule has 0 N–H and O–H groups in total. The van der Waals surface area contributed by atoms with Gasteiger partial charge >= 0.3 is 0 Å². The quantitative estimate of drug-likeness (QED) is 0.553. The highest BCUT2D eigenvalue weighted by Crippen LogP contribution is 2.37. The topological polar surface area (TPSA) is 17.1 Å². The van der Waals surface area contributed by atoms with Gasteiger partial charge < -0.3 is 0 Å². The summed E-state index contributed by atoms with van der Waals surface area (Å²) in [6.07, 6.45) is 9.29. The minimum Gasteiger partial charge on any atom is -0.298 e. The standard InChI is InChI=1S/C16H20O/c1-2-3-13-4-8-15(9-5-13)16-10-6-14(12-17)7-11-16/h2,6-7,10-13,15H,1,3-5,8-9H2/t13-,15+. The summed E-state index contributed by atoms with van der Waals surface area (Å²) in [4.78, 5) is 10.6. The second-order valence-electron chi connectivity index (χ2n) is 5.03. The van der Waals surface area contributed by atoms with Crippen molar-refractivity contribution >= 4 is 6.29 Å². The number of benzene rings is 1. The van der Waals surface area contributed by atoms with Crippen LogP contribution in [0.3, 0.4) is 0 Å². The van der Waals surface area contributed by atoms with Crippen molar-refractivity contribution < 1.29 is 4.79 Å². The summed E-state index contributed by atoms with van der Waals surface area (Å²) in [5, 5.41) is 0. The van der Waals surface area contributed by atoms with Crippen LogP contribution in [0.25, 0.3) is 0 Å². The molecule has 1 heteroatoms. The number of rotatable bonds is 4. The lowest BCUT2D eigenvalue weighted by Crippen LogP contribution is -2.12. The summed E-state index contributed by atoms with van der Waals surface area (Å²) in [5.41, 5.74) is 2.17. The van der Waals surface area contributed by atoms with Crippen LogP contribution in [0.2, 0.25) is 0 Å². The van der Waals surface area contributed by atoms with Gasteiger partial charge in [0.2, 0.25) is 0 Å². The van der Waals surface area contributed by atoms with Crippen molar-refractivity contribution in [3.05, 3.63) is 48.0 Å². The summed E-state index contributed by atoms with van der Waals surface area (Å²) in [6.45, 7) is 3.82. The van der Waals surface area contributed by atoms with E-state index in [9.17, 15) is 4.79 Å². The zero-order chi connectivity index (χ0) is 12.1. The first-order chi connectivity index (χ1) is 8.33. The van der Waals surface area contributed by atoms with Gasteiger partial charge in [-0.05, 0) is 49.5 Å². The Kier molecular flexibility index (Phi) is 4.13. The van der Waals surface area contributed by atoms with Crippen molar-refractivity contribution in [2.45, 2.75) is 38.0 Å². The Labute approximate surface area is 104 Å². The Hall–Kier alpha value is -1.37. The molecule has 0 aromatic heterocycles. The minimum atomic E-state index is 0.691.